The molecule has 0 bridgehead atoms. The molecule has 0 aliphatic rings. The molecule has 10 heteroatoms. The van der Waals surface area contributed by atoms with E-state index in [0.29, 0.717) is 18.8 Å². The number of carboxylic acid groups (broad SMARTS) is 1. The number of aromatic amines is 1. The van der Waals surface area contributed by atoms with E-state index in [1.807, 2.05) is 59.2 Å². The molecule has 3 N–H and O–H groups in total. The van der Waals surface area contributed by atoms with Crippen LogP contribution < -0.4 is 5.32 Å². The van der Waals surface area contributed by atoms with Crippen LogP contribution in [0.4, 0.5) is 0 Å². The Morgan fingerprint density at radius 3 is 2.38 bits per heavy atom. The third-order valence-corrected chi connectivity index (χ3v) is 7.06. The Morgan fingerprint density at radius 2 is 1.69 bits per heavy atom. The smallest absolute Gasteiger partial charge is 0.305 e. The van der Waals surface area contributed by atoms with Crippen molar-refractivity contribution in [1.29, 1.82) is 0 Å². The van der Waals surface area contributed by atoms with E-state index in [1.54, 1.807) is 6.20 Å². The molecule has 0 radical (unpaired) electrons. The van der Waals surface area contributed by atoms with Gasteiger partial charge in [0, 0.05) is 30.8 Å². The Bertz CT molecular complexity index is 1610. The minimum Gasteiger partial charge on any atom is -0.481 e. The van der Waals surface area contributed by atoms with Crippen LogP contribution in [0.2, 0.25) is 0 Å². The number of imidazole rings is 1. The lowest BCUT2D eigenvalue weighted by molar-refractivity contribution is -0.137. The van der Waals surface area contributed by atoms with Crippen LogP contribution >= 0.6 is 0 Å². The van der Waals surface area contributed by atoms with Gasteiger partial charge in [0.1, 0.15) is 11.5 Å². The molecule has 0 saturated heterocycles. The number of unbranched alkanes of at least 4 members (excludes halogenated alkanes) is 1. The first-order valence-corrected chi connectivity index (χ1v) is 14.0. The number of carboxylic acids is 1. The number of tetrazole rings is 1. The summed E-state index contributed by atoms with van der Waals surface area (Å²) in [6.45, 7) is 2.67. The van der Waals surface area contributed by atoms with Gasteiger partial charge in [0.25, 0.3) is 5.91 Å². The van der Waals surface area contributed by atoms with Crippen LogP contribution in [0.25, 0.3) is 22.5 Å². The molecule has 5 aromatic rings. The Labute approximate surface area is 243 Å². The number of aromatic nitrogens is 6. The van der Waals surface area contributed by atoms with Crippen LogP contribution in [-0.4, -0.2) is 53.2 Å². The van der Waals surface area contributed by atoms with Crippen LogP contribution in [0.15, 0.2) is 85.1 Å². The first-order chi connectivity index (χ1) is 20.5. The summed E-state index contributed by atoms with van der Waals surface area (Å²) in [5.41, 5.74) is 5.23. The van der Waals surface area contributed by atoms with Crippen molar-refractivity contribution in [1.82, 2.24) is 35.5 Å². The maximum atomic E-state index is 13.3. The first-order valence-electron chi connectivity index (χ1n) is 14.0. The Morgan fingerprint density at radius 1 is 0.952 bits per heavy atom. The Balaban J connectivity index is 1.34. The van der Waals surface area contributed by atoms with Crippen LogP contribution in [0.3, 0.4) is 0 Å². The lowest BCUT2D eigenvalue weighted by Gasteiger charge is -2.16. The number of nitrogens with one attached hydrogen (secondary N) is 2. The van der Waals surface area contributed by atoms with Gasteiger partial charge in [0.15, 0.2) is 0 Å². The van der Waals surface area contributed by atoms with Crippen LogP contribution in [0.5, 0.6) is 0 Å². The molecule has 3 aromatic carbocycles. The van der Waals surface area contributed by atoms with Crippen molar-refractivity contribution in [3.63, 3.8) is 0 Å². The minimum atomic E-state index is -0.964. The molecule has 0 aliphatic heterocycles. The van der Waals surface area contributed by atoms with Crippen LogP contribution in [0, 0.1) is 0 Å². The summed E-state index contributed by atoms with van der Waals surface area (Å²) in [5.74, 6) is 0.0241. The van der Waals surface area contributed by atoms with Gasteiger partial charge >= 0.3 is 5.97 Å². The molecule has 2 aromatic heterocycles. The van der Waals surface area contributed by atoms with Gasteiger partial charge in [0.05, 0.1) is 6.42 Å². The van der Waals surface area contributed by atoms with Crippen molar-refractivity contribution in [2.24, 2.45) is 0 Å². The molecule has 5 rings (SSSR count). The summed E-state index contributed by atoms with van der Waals surface area (Å²) in [4.78, 5) is 29.4. The molecule has 1 amide bonds. The van der Waals surface area contributed by atoms with Crippen molar-refractivity contribution in [3.8, 4) is 22.5 Å². The number of hydrogen-bond acceptors (Lipinski definition) is 6. The lowest BCUT2D eigenvalue weighted by Crippen LogP contribution is -2.38. The summed E-state index contributed by atoms with van der Waals surface area (Å²) in [6.07, 6.45) is 4.69. The number of nitrogens with zero attached hydrogens (tertiary/aromatic N) is 5. The molecular weight excluding hydrogens is 530 g/mol. The van der Waals surface area contributed by atoms with Gasteiger partial charge in [-0.05, 0) is 40.3 Å². The van der Waals surface area contributed by atoms with Gasteiger partial charge in [-0.2, -0.15) is 5.21 Å². The van der Waals surface area contributed by atoms with E-state index < -0.39 is 12.0 Å². The van der Waals surface area contributed by atoms with Crippen molar-refractivity contribution in [3.05, 3.63) is 108 Å². The number of carbonyl (C=O) groups is 2. The lowest BCUT2D eigenvalue weighted by atomic mass is 9.98. The highest BCUT2D eigenvalue weighted by molar-refractivity contribution is 5.92. The highest BCUT2D eigenvalue weighted by atomic mass is 16.4. The largest absolute Gasteiger partial charge is 0.481 e. The average molecular weight is 564 g/mol. The van der Waals surface area contributed by atoms with Gasteiger partial charge in [-0.1, -0.05) is 92.2 Å². The number of benzene rings is 3. The van der Waals surface area contributed by atoms with Gasteiger partial charge in [-0.15, -0.1) is 10.2 Å². The number of aliphatic carboxylic acids is 1. The predicted molar refractivity (Wildman–Crippen MR) is 159 cm³/mol. The normalized spacial score (nSPS) is 11.7. The van der Waals surface area contributed by atoms with E-state index in [-0.39, 0.29) is 18.0 Å². The number of amides is 1. The zero-order valence-electron chi connectivity index (χ0n) is 23.4. The molecular formula is C32H33N7O3. The third kappa shape index (κ3) is 7.14. The minimum absolute atomic E-state index is 0.174. The number of rotatable bonds is 13. The van der Waals surface area contributed by atoms with Crippen molar-refractivity contribution in [2.45, 2.75) is 51.6 Å². The Kier molecular flexibility index (Phi) is 9.13. The van der Waals surface area contributed by atoms with Crippen molar-refractivity contribution >= 4 is 11.9 Å². The maximum Gasteiger partial charge on any atom is 0.305 e. The summed E-state index contributed by atoms with van der Waals surface area (Å²) >= 11 is 0. The summed E-state index contributed by atoms with van der Waals surface area (Å²) < 4.78 is 2.01. The molecule has 0 saturated carbocycles. The summed E-state index contributed by atoms with van der Waals surface area (Å²) in [5, 5.41) is 26.8. The quantitative estimate of drug-likeness (QED) is 0.184. The standard InChI is InChI=1S/C32H33N7O3/c1-2-3-13-29-34-28(32(42)33-25(19-30(40)41)18-22-9-5-4-6-10-22)21-39(29)20-23-14-16-24(17-15-23)26-11-7-8-12-27(26)31-35-37-38-36-31/h4-12,14-17,21,25H,2-3,13,18-20H2,1H3,(H,33,42)(H,40,41)(H,35,36,37,38)/t25-/m1/s1. The van der Waals surface area contributed by atoms with E-state index in [1.165, 1.54) is 0 Å². The average Bonchev–Trinajstić information content (AvgIpc) is 3.67. The van der Waals surface area contributed by atoms with Crippen LogP contribution in [0.1, 0.15) is 53.6 Å². The second-order valence-electron chi connectivity index (χ2n) is 10.2. The third-order valence-electron chi connectivity index (χ3n) is 7.06. The molecule has 10 nitrogen and oxygen atoms in total. The van der Waals surface area contributed by atoms with E-state index in [2.05, 4.69) is 62.1 Å². The highest BCUT2D eigenvalue weighted by Gasteiger charge is 2.21. The molecule has 42 heavy (non-hydrogen) atoms. The molecule has 1 atom stereocenters. The van der Waals surface area contributed by atoms with E-state index in [0.717, 1.165) is 52.9 Å². The molecule has 0 unspecified atom stereocenters. The van der Waals surface area contributed by atoms with E-state index in [4.69, 9.17) is 0 Å². The zero-order chi connectivity index (χ0) is 29.3. The number of aryl methyl sites for hydroxylation is 1. The summed E-state index contributed by atoms with van der Waals surface area (Å²) in [6, 6.07) is 25.2. The van der Waals surface area contributed by atoms with Gasteiger partial charge in [-0.3, -0.25) is 9.59 Å². The molecule has 0 aliphatic carbocycles. The van der Waals surface area contributed by atoms with Crippen molar-refractivity contribution in [2.75, 3.05) is 0 Å². The fraction of sp³-hybridized carbons (Fsp3) is 0.250. The number of hydrogen-bond donors (Lipinski definition) is 3. The zero-order valence-corrected chi connectivity index (χ0v) is 23.4. The molecule has 2 heterocycles. The molecule has 0 fully saturated rings. The van der Waals surface area contributed by atoms with E-state index >= 15 is 0 Å². The fourth-order valence-corrected chi connectivity index (χ4v) is 4.97. The monoisotopic (exact) mass is 563 g/mol. The first kappa shape index (κ1) is 28.4. The topological polar surface area (TPSA) is 139 Å². The second-order valence-corrected chi connectivity index (χ2v) is 10.2. The highest BCUT2D eigenvalue weighted by Crippen LogP contribution is 2.30. The Hall–Kier alpha value is -5.12. The van der Waals surface area contributed by atoms with Gasteiger partial charge < -0.3 is 15.0 Å². The summed E-state index contributed by atoms with van der Waals surface area (Å²) in [7, 11) is 0. The predicted octanol–water partition coefficient (Wildman–Crippen LogP) is 4.94. The molecule has 214 valence electrons. The van der Waals surface area contributed by atoms with E-state index in [9.17, 15) is 14.7 Å². The van der Waals surface area contributed by atoms with Gasteiger partial charge in [-0.25, -0.2) is 4.98 Å². The number of H-pyrrole nitrogens is 1. The number of carbonyl (C=O) groups excluding carboxylic acids is 1. The SMILES string of the molecule is CCCCc1nc(C(=O)N[C@@H](CC(=O)O)Cc2ccccc2)cn1Cc1ccc(-c2ccccc2-c2nn[nH]n2)cc1. The second kappa shape index (κ2) is 13.5. The molecule has 0 spiro atoms. The van der Waals surface area contributed by atoms with Crippen molar-refractivity contribution < 1.29 is 14.7 Å². The van der Waals surface area contributed by atoms with Crippen LogP contribution in [-0.2, 0) is 24.2 Å². The fourth-order valence-electron chi connectivity index (χ4n) is 4.97. The maximum absolute atomic E-state index is 13.3. The van der Waals surface area contributed by atoms with Gasteiger partial charge in [0.2, 0.25) is 5.82 Å².